The molecule has 0 radical (unpaired) electrons. The van der Waals surface area contributed by atoms with Gasteiger partial charge < -0.3 is 5.84 Å². The topological polar surface area (TPSA) is 48.0 Å². The molecule has 0 aliphatic heterocycles. The maximum atomic E-state index is 12.1. The summed E-state index contributed by atoms with van der Waals surface area (Å²) in [7, 11) is 0. The third-order valence-electron chi connectivity index (χ3n) is 2.47. The summed E-state index contributed by atoms with van der Waals surface area (Å²) >= 11 is 5.96. The minimum Gasteiger partial charge on any atom is -0.339 e. The van der Waals surface area contributed by atoms with Gasteiger partial charge in [0.05, 0.1) is 5.02 Å². The molecule has 1 aromatic carbocycles. The summed E-state index contributed by atoms with van der Waals surface area (Å²) in [5, 5.41) is 0.436. The smallest absolute Gasteiger partial charge is 0.212 e. The Labute approximate surface area is 98.4 Å². The van der Waals surface area contributed by atoms with E-state index < -0.39 is 0 Å². The van der Waals surface area contributed by atoms with Crippen LogP contribution in [-0.2, 0) is 0 Å². The van der Waals surface area contributed by atoms with E-state index in [2.05, 4.69) is 0 Å². The molecule has 0 spiro atoms. The number of benzene rings is 1. The third-order valence-corrected chi connectivity index (χ3v) is 2.80. The van der Waals surface area contributed by atoms with Gasteiger partial charge in [0.25, 0.3) is 0 Å². The Kier molecular flexibility index (Phi) is 2.71. The highest BCUT2D eigenvalue weighted by atomic mass is 35.5. The summed E-state index contributed by atoms with van der Waals surface area (Å²) < 4.78 is 1.37. The number of halogens is 1. The zero-order valence-electron chi connectivity index (χ0n) is 8.77. The molecule has 0 saturated carbocycles. The average Bonchev–Trinajstić information content (AvgIpc) is 2.60. The Bertz CT molecular complexity index is 546. The minimum atomic E-state index is -0.166. The molecule has 1 heterocycles. The molecule has 0 atom stereocenters. The van der Waals surface area contributed by atoms with Gasteiger partial charge in [0.1, 0.15) is 5.69 Å². The lowest BCUT2D eigenvalue weighted by Gasteiger charge is -2.05. The van der Waals surface area contributed by atoms with Crippen LogP contribution >= 0.6 is 11.6 Å². The van der Waals surface area contributed by atoms with Gasteiger partial charge in [0.2, 0.25) is 5.78 Å². The van der Waals surface area contributed by atoms with Crippen molar-refractivity contribution in [3.63, 3.8) is 0 Å². The molecule has 0 saturated heterocycles. The largest absolute Gasteiger partial charge is 0.339 e. The molecule has 0 fully saturated rings. The number of nitrogens with two attached hydrogens (primary N) is 1. The van der Waals surface area contributed by atoms with Crippen LogP contribution in [0, 0.1) is 6.92 Å². The van der Waals surface area contributed by atoms with Gasteiger partial charge >= 0.3 is 0 Å². The molecule has 1 aromatic heterocycles. The van der Waals surface area contributed by atoms with E-state index in [-0.39, 0.29) is 5.78 Å². The van der Waals surface area contributed by atoms with Gasteiger partial charge in [-0.1, -0.05) is 23.7 Å². The molecule has 3 nitrogen and oxygen atoms in total. The van der Waals surface area contributed by atoms with Crippen molar-refractivity contribution in [1.29, 1.82) is 0 Å². The Balaban J connectivity index is 2.48. The van der Waals surface area contributed by atoms with Gasteiger partial charge in [-0.2, -0.15) is 0 Å². The Hall–Kier alpha value is -1.74. The highest BCUT2D eigenvalue weighted by Gasteiger charge is 2.16. The van der Waals surface area contributed by atoms with Gasteiger partial charge in [-0.3, -0.25) is 9.47 Å². The van der Waals surface area contributed by atoms with Crippen LogP contribution in [0.15, 0.2) is 36.4 Å². The van der Waals surface area contributed by atoms with Crippen molar-refractivity contribution in [3.05, 3.63) is 58.4 Å². The van der Waals surface area contributed by atoms with E-state index >= 15 is 0 Å². The van der Waals surface area contributed by atoms with Crippen molar-refractivity contribution >= 4 is 17.4 Å². The summed E-state index contributed by atoms with van der Waals surface area (Å²) in [5.74, 6) is 5.58. The molecule has 0 unspecified atom stereocenters. The number of carbonyl (C=O) groups excluding carboxylic acids is 1. The van der Waals surface area contributed by atoms with E-state index in [4.69, 9.17) is 17.4 Å². The maximum Gasteiger partial charge on any atom is 0.212 e. The molecule has 4 heteroatoms. The number of nitrogens with zero attached hydrogens (tertiary/aromatic N) is 1. The molecular weight excluding hydrogens is 224 g/mol. The van der Waals surface area contributed by atoms with Crippen LogP contribution in [0.3, 0.4) is 0 Å². The van der Waals surface area contributed by atoms with Gasteiger partial charge in [0, 0.05) is 11.3 Å². The lowest BCUT2D eigenvalue weighted by atomic mass is 10.1. The first-order chi connectivity index (χ1) is 7.61. The Morgan fingerprint density at radius 2 is 1.94 bits per heavy atom. The number of aromatic nitrogens is 1. The second-order valence-corrected chi connectivity index (χ2v) is 3.95. The second kappa shape index (κ2) is 4.02. The number of aryl methyl sites for hydroxylation is 1. The van der Waals surface area contributed by atoms with Crippen LogP contribution in [0.4, 0.5) is 0 Å². The highest BCUT2D eigenvalue weighted by molar-refractivity contribution is 6.34. The molecule has 0 amide bonds. The molecule has 2 rings (SSSR count). The van der Waals surface area contributed by atoms with E-state index in [1.54, 1.807) is 36.4 Å². The van der Waals surface area contributed by atoms with Crippen molar-refractivity contribution < 1.29 is 4.79 Å². The summed E-state index contributed by atoms with van der Waals surface area (Å²) in [6.07, 6.45) is 0. The number of ketones is 1. The zero-order chi connectivity index (χ0) is 11.7. The fourth-order valence-corrected chi connectivity index (χ4v) is 1.74. The molecule has 0 aliphatic carbocycles. The predicted molar refractivity (Wildman–Crippen MR) is 64.2 cm³/mol. The Morgan fingerprint density at radius 1 is 1.25 bits per heavy atom. The van der Waals surface area contributed by atoms with Crippen molar-refractivity contribution in [3.8, 4) is 0 Å². The van der Waals surface area contributed by atoms with Gasteiger partial charge in [-0.05, 0) is 31.2 Å². The van der Waals surface area contributed by atoms with Crippen molar-refractivity contribution in [2.45, 2.75) is 6.92 Å². The van der Waals surface area contributed by atoms with Crippen LogP contribution in [0.2, 0.25) is 5.02 Å². The zero-order valence-corrected chi connectivity index (χ0v) is 9.53. The lowest BCUT2D eigenvalue weighted by Crippen LogP contribution is -2.18. The number of hydrogen-bond donors (Lipinski definition) is 1. The number of nitrogen functional groups attached to an aromatic ring is 1. The first kappa shape index (κ1) is 10.8. The molecular formula is C12H11ClN2O. The molecule has 2 N–H and O–H groups in total. The van der Waals surface area contributed by atoms with E-state index in [0.29, 0.717) is 16.3 Å². The summed E-state index contributed by atoms with van der Waals surface area (Å²) in [5.41, 5.74) is 1.73. The van der Waals surface area contributed by atoms with E-state index in [0.717, 1.165) is 5.69 Å². The van der Waals surface area contributed by atoms with Crippen LogP contribution in [0.1, 0.15) is 21.7 Å². The number of hydrogen-bond acceptors (Lipinski definition) is 2. The normalized spacial score (nSPS) is 10.4. The Morgan fingerprint density at radius 3 is 2.50 bits per heavy atom. The maximum absolute atomic E-state index is 12.1. The van der Waals surface area contributed by atoms with E-state index in [1.165, 1.54) is 4.68 Å². The predicted octanol–water partition coefficient (Wildman–Crippen LogP) is 2.39. The van der Waals surface area contributed by atoms with Crippen LogP contribution in [-0.4, -0.2) is 10.5 Å². The lowest BCUT2D eigenvalue weighted by molar-refractivity contribution is 0.103. The van der Waals surface area contributed by atoms with Crippen molar-refractivity contribution in [2.75, 3.05) is 5.84 Å². The molecule has 16 heavy (non-hydrogen) atoms. The molecule has 0 bridgehead atoms. The minimum absolute atomic E-state index is 0.166. The third kappa shape index (κ3) is 1.70. The highest BCUT2D eigenvalue weighted by Crippen LogP contribution is 2.19. The number of rotatable bonds is 2. The van der Waals surface area contributed by atoms with Crippen LogP contribution < -0.4 is 5.84 Å². The fourth-order valence-electron chi connectivity index (χ4n) is 1.52. The molecule has 0 aliphatic rings. The quantitative estimate of drug-likeness (QED) is 0.641. The standard InChI is InChI=1S/C12H11ClN2O/c1-8-6-7-11(15(8)14)12(16)9-4-2-3-5-10(9)13/h2-7H,14H2,1H3. The fraction of sp³-hybridized carbons (Fsp3) is 0.0833. The van der Waals surface area contributed by atoms with Gasteiger partial charge in [-0.25, -0.2) is 0 Å². The van der Waals surface area contributed by atoms with Crippen molar-refractivity contribution in [1.82, 2.24) is 4.68 Å². The van der Waals surface area contributed by atoms with Gasteiger partial charge in [0.15, 0.2) is 0 Å². The van der Waals surface area contributed by atoms with Crippen LogP contribution in [0.25, 0.3) is 0 Å². The molecule has 2 aromatic rings. The van der Waals surface area contributed by atoms with E-state index in [1.807, 2.05) is 6.92 Å². The SMILES string of the molecule is Cc1ccc(C(=O)c2ccccc2Cl)n1N. The molecule has 82 valence electrons. The van der Waals surface area contributed by atoms with Crippen molar-refractivity contribution in [2.24, 2.45) is 0 Å². The average molecular weight is 235 g/mol. The first-order valence-electron chi connectivity index (χ1n) is 4.84. The summed E-state index contributed by atoms with van der Waals surface area (Å²) in [6, 6.07) is 10.4. The van der Waals surface area contributed by atoms with E-state index in [9.17, 15) is 4.79 Å². The first-order valence-corrected chi connectivity index (χ1v) is 5.21. The monoisotopic (exact) mass is 234 g/mol. The summed E-state index contributed by atoms with van der Waals surface area (Å²) in [6.45, 7) is 1.84. The number of carbonyl (C=O) groups is 1. The van der Waals surface area contributed by atoms with Crippen LogP contribution in [0.5, 0.6) is 0 Å². The van der Waals surface area contributed by atoms with Gasteiger partial charge in [-0.15, -0.1) is 0 Å². The second-order valence-electron chi connectivity index (χ2n) is 3.54. The summed E-state index contributed by atoms with van der Waals surface area (Å²) in [4.78, 5) is 12.1.